The Bertz CT molecular complexity index is 546. The van der Waals surface area contributed by atoms with E-state index >= 15 is 0 Å². The van der Waals surface area contributed by atoms with E-state index in [0.717, 1.165) is 13.1 Å². The summed E-state index contributed by atoms with van der Waals surface area (Å²) in [5, 5.41) is 4.99. The highest BCUT2D eigenvalue weighted by Gasteiger charge is 2.13. The zero-order valence-corrected chi connectivity index (χ0v) is 13.4. The number of halogens is 3. The van der Waals surface area contributed by atoms with Gasteiger partial charge >= 0.3 is 0 Å². The van der Waals surface area contributed by atoms with Crippen LogP contribution in [0.3, 0.4) is 0 Å². The molecule has 8 heteroatoms. The highest BCUT2D eigenvalue weighted by Crippen LogP contribution is 2.28. The Morgan fingerprint density at radius 1 is 1.33 bits per heavy atom. The summed E-state index contributed by atoms with van der Waals surface area (Å²) in [5.74, 6) is -0.197. The van der Waals surface area contributed by atoms with E-state index in [-0.39, 0.29) is 12.5 Å². The third-order valence-corrected chi connectivity index (χ3v) is 3.92. The first kappa shape index (κ1) is 16.5. The van der Waals surface area contributed by atoms with Gasteiger partial charge in [0.05, 0.1) is 36.0 Å². The molecule has 1 fully saturated rings. The fraction of sp³-hybridized carbons (Fsp3) is 0.385. The molecule has 1 aliphatic rings. The molecule has 0 saturated carbocycles. The van der Waals surface area contributed by atoms with Crippen LogP contribution < -0.4 is 5.43 Å². The molecule has 1 aromatic carbocycles. The van der Waals surface area contributed by atoms with Gasteiger partial charge in [-0.3, -0.25) is 9.69 Å². The second kappa shape index (κ2) is 7.96. The van der Waals surface area contributed by atoms with Crippen LogP contribution in [0.2, 0.25) is 15.1 Å². The van der Waals surface area contributed by atoms with Crippen molar-refractivity contribution in [2.24, 2.45) is 5.10 Å². The molecule has 0 radical (unpaired) electrons. The first-order valence-corrected chi connectivity index (χ1v) is 7.46. The van der Waals surface area contributed by atoms with E-state index in [2.05, 4.69) is 10.5 Å². The average molecular weight is 351 g/mol. The van der Waals surface area contributed by atoms with Crippen LogP contribution in [0.1, 0.15) is 5.56 Å². The van der Waals surface area contributed by atoms with Gasteiger partial charge in [-0.05, 0) is 12.1 Å². The normalized spacial score (nSPS) is 16.3. The minimum atomic E-state index is -0.197. The van der Waals surface area contributed by atoms with Crippen LogP contribution in [0, 0.1) is 0 Å². The number of morpholine rings is 1. The molecule has 0 unspecified atom stereocenters. The topological polar surface area (TPSA) is 53.9 Å². The molecule has 2 rings (SSSR count). The van der Waals surface area contributed by atoms with Gasteiger partial charge in [0.2, 0.25) is 0 Å². The molecular weight excluding hydrogens is 337 g/mol. The maximum atomic E-state index is 11.7. The lowest BCUT2D eigenvalue weighted by atomic mass is 10.2. The number of hydrogen-bond acceptors (Lipinski definition) is 4. The van der Waals surface area contributed by atoms with Crippen LogP contribution in [-0.4, -0.2) is 49.9 Å². The predicted octanol–water partition coefficient (Wildman–Crippen LogP) is 2.43. The Morgan fingerprint density at radius 3 is 2.76 bits per heavy atom. The number of carbonyl (C=O) groups excluding carboxylic acids is 1. The maximum absolute atomic E-state index is 11.7. The summed E-state index contributed by atoms with van der Waals surface area (Å²) in [6.07, 6.45) is 1.41. The average Bonchev–Trinajstić information content (AvgIpc) is 2.45. The van der Waals surface area contributed by atoms with E-state index in [9.17, 15) is 4.79 Å². The molecule has 114 valence electrons. The molecule has 1 aromatic rings. The van der Waals surface area contributed by atoms with Crippen molar-refractivity contribution in [3.8, 4) is 0 Å². The van der Waals surface area contributed by atoms with Crippen LogP contribution in [0.4, 0.5) is 0 Å². The van der Waals surface area contributed by atoms with Crippen molar-refractivity contribution in [3.63, 3.8) is 0 Å². The second-order valence-electron chi connectivity index (χ2n) is 4.47. The van der Waals surface area contributed by atoms with Crippen molar-refractivity contribution < 1.29 is 9.53 Å². The summed E-state index contributed by atoms with van der Waals surface area (Å²) in [6, 6.07) is 3.16. The molecule has 0 aromatic heterocycles. The Balaban J connectivity index is 1.88. The molecule has 0 spiro atoms. The van der Waals surface area contributed by atoms with E-state index in [1.807, 2.05) is 4.90 Å². The van der Waals surface area contributed by atoms with Crippen LogP contribution in [0.15, 0.2) is 17.2 Å². The van der Waals surface area contributed by atoms with Gasteiger partial charge < -0.3 is 4.74 Å². The van der Waals surface area contributed by atoms with Gasteiger partial charge in [0.15, 0.2) is 0 Å². The van der Waals surface area contributed by atoms with Gasteiger partial charge in [-0.15, -0.1) is 0 Å². The summed E-state index contributed by atoms with van der Waals surface area (Å²) in [6.45, 7) is 3.06. The lowest BCUT2D eigenvalue weighted by Gasteiger charge is -2.25. The Labute approximate surface area is 137 Å². The summed E-state index contributed by atoms with van der Waals surface area (Å²) >= 11 is 17.8. The van der Waals surface area contributed by atoms with Gasteiger partial charge in [-0.25, -0.2) is 5.43 Å². The fourth-order valence-electron chi connectivity index (χ4n) is 1.84. The molecule has 21 heavy (non-hydrogen) atoms. The smallest absolute Gasteiger partial charge is 0.254 e. The highest BCUT2D eigenvalue weighted by atomic mass is 35.5. The summed E-state index contributed by atoms with van der Waals surface area (Å²) in [5.41, 5.74) is 2.99. The van der Waals surface area contributed by atoms with E-state index < -0.39 is 0 Å². The van der Waals surface area contributed by atoms with E-state index in [4.69, 9.17) is 39.5 Å². The van der Waals surface area contributed by atoms with Crippen molar-refractivity contribution in [3.05, 3.63) is 32.8 Å². The van der Waals surface area contributed by atoms with Gasteiger partial charge in [-0.2, -0.15) is 5.10 Å². The Morgan fingerprint density at radius 2 is 2.05 bits per heavy atom. The van der Waals surface area contributed by atoms with Crippen molar-refractivity contribution in [2.75, 3.05) is 32.8 Å². The first-order chi connectivity index (χ1) is 10.1. The number of hydrazone groups is 1. The third-order valence-electron chi connectivity index (χ3n) is 2.88. The lowest BCUT2D eigenvalue weighted by molar-refractivity contribution is -0.123. The lowest BCUT2D eigenvalue weighted by Crippen LogP contribution is -2.42. The van der Waals surface area contributed by atoms with Crippen LogP contribution in [-0.2, 0) is 9.53 Å². The molecule has 0 atom stereocenters. The van der Waals surface area contributed by atoms with Gasteiger partial charge in [-0.1, -0.05) is 34.8 Å². The molecular formula is C13H14Cl3N3O2. The van der Waals surface area contributed by atoms with Gasteiger partial charge in [0, 0.05) is 23.7 Å². The van der Waals surface area contributed by atoms with Crippen molar-refractivity contribution in [1.29, 1.82) is 0 Å². The molecule has 5 nitrogen and oxygen atoms in total. The van der Waals surface area contributed by atoms with Crippen molar-refractivity contribution in [2.45, 2.75) is 0 Å². The zero-order chi connectivity index (χ0) is 15.2. The van der Waals surface area contributed by atoms with Crippen LogP contribution >= 0.6 is 34.8 Å². The molecule has 0 aliphatic carbocycles. The highest BCUT2D eigenvalue weighted by molar-refractivity contribution is 6.44. The van der Waals surface area contributed by atoms with E-state index in [1.165, 1.54) is 6.21 Å². The van der Waals surface area contributed by atoms with Gasteiger partial charge in [0.25, 0.3) is 5.91 Å². The standard InChI is InChI=1S/C13H14Cl3N3O2/c14-10-5-9(13(16)11(15)6-10)7-17-18-12(20)8-19-1-3-21-4-2-19/h5-7H,1-4,8H2,(H,18,20)/b17-7+. The van der Waals surface area contributed by atoms with E-state index in [1.54, 1.807) is 12.1 Å². The molecule has 1 amide bonds. The van der Waals surface area contributed by atoms with Gasteiger partial charge in [0.1, 0.15) is 0 Å². The van der Waals surface area contributed by atoms with E-state index in [0.29, 0.717) is 33.8 Å². The predicted molar refractivity (Wildman–Crippen MR) is 84.5 cm³/mol. The molecule has 0 bridgehead atoms. The Kier molecular flexibility index (Phi) is 6.26. The quantitative estimate of drug-likeness (QED) is 0.515. The third kappa shape index (κ3) is 5.13. The molecule has 1 N–H and O–H groups in total. The maximum Gasteiger partial charge on any atom is 0.254 e. The fourth-order valence-corrected chi connectivity index (χ4v) is 2.51. The number of nitrogens with one attached hydrogen (secondary N) is 1. The molecule has 1 heterocycles. The molecule has 1 saturated heterocycles. The number of rotatable bonds is 4. The van der Waals surface area contributed by atoms with Crippen molar-refractivity contribution >= 4 is 46.9 Å². The molecule has 1 aliphatic heterocycles. The number of nitrogens with zero attached hydrogens (tertiary/aromatic N) is 2. The summed E-state index contributed by atoms with van der Waals surface area (Å²) in [7, 11) is 0. The Hall–Kier alpha value is -0.850. The number of hydrogen-bond donors (Lipinski definition) is 1. The number of amides is 1. The second-order valence-corrected chi connectivity index (χ2v) is 5.69. The summed E-state index contributed by atoms with van der Waals surface area (Å²) in [4.78, 5) is 13.7. The zero-order valence-electron chi connectivity index (χ0n) is 11.1. The number of ether oxygens (including phenoxy) is 1. The number of benzene rings is 1. The van der Waals surface area contributed by atoms with Crippen molar-refractivity contribution in [1.82, 2.24) is 10.3 Å². The largest absolute Gasteiger partial charge is 0.379 e. The van der Waals surface area contributed by atoms with Crippen LogP contribution in [0.25, 0.3) is 0 Å². The van der Waals surface area contributed by atoms with Crippen LogP contribution in [0.5, 0.6) is 0 Å². The number of carbonyl (C=O) groups is 1. The SMILES string of the molecule is O=C(CN1CCOCC1)N/N=C/c1cc(Cl)cc(Cl)c1Cl. The minimum absolute atomic E-state index is 0.197. The monoisotopic (exact) mass is 349 g/mol. The first-order valence-electron chi connectivity index (χ1n) is 6.33. The summed E-state index contributed by atoms with van der Waals surface area (Å²) < 4.78 is 5.21. The minimum Gasteiger partial charge on any atom is -0.379 e.